The summed E-state index contributed by atoms with van der Waals surface area (Å²) in [4.78, 5) is 11.6. The number of ether oxygens (including phenoxy) is 1. The van der Waals surface area contributed by atoms with Gasteiger partial charge in [0, 0.05) is 18.1 Å². The van der Waals surface area contributed by atoms with Gasteiger partial charge in [-0.2, -0.15) is 11.8 Å². The number of likely N-dealkylation sites (N-methyl/N-ethyl adjacent to an activating group) is 1. The molecule has 104 valence electrons. The molecule has 0 radical (unpaired) electrons. The van der Waals surface area contributed by atoms with Crippen LogP contribution in [0, 0.1) is 5.92 Å². The smallest absolute Gasteiger partial charge is 0.325 e. The van der Waals surface area contributed by atoms with Gasteiger partial charge in [0.15, 0.2) is 0 Å². The standard InChI is InChI=1S/C13H23NO3S/c1-2-14-13(12(15)16,10-5-6-10)9-18-8-11-4-3-7-17-11/h10-11,14H,2-9H2,1H3,(H,15,16). The topological polar surface area (TPSA) is 58.6 Å². The first-order valence-corrected chi connectivity index (χ1v) is 8.02. The Balaban J connectivity index is 1.85. The van der Waals surface area contributed by atoms with Crippen molar-refractivity contribution in [2.24, 2.45) is 5.92 Å². The van der Waals surface area contributed by atoms with Crippen molar-refractivity contribution in [1.29, 1.82) is 0 Å². The number of carbonyl (C=O) groups is 1. The van der Waals surface area contributed by atoms with Crippen LogP contribution in [0.1, 0.15) is 32.6 Å². The predicted molar refractivity (Wildman–Crippen MR) is 73.1 cm³/mol. The zero-order chi connectivity index (χ0) is 13.0. The van der Waals surface area contributed by atoms with Crippen molar-refractivity contribution in [1.82, 2.24) is 5.32 Å². The van der Waals surface area contributed by atoms with Crippen molar-refractivity contribution >= 4 is 17.7 Å². The van der Waals surface area contributed by atoms with E-state index in [0.717, 1.165) is 38.0 Å². The van der Waals surface area contributed by atoms with Crippen LogP contribution in [-0.2, 0) is 9.53 Å². The van der Waals surface area contributed by atoms with Gasteiger partial charge in [-0.3, -0.25) is 4.79 Å². The maximum atomic E-state index is 11.6. The third kappa shape index (κ3) is 3.19. The van der Waals surface area contributed by atoms with Crippen molar-refractivity contribution in [3.63, 3.8) is 0 Å². The van der Waals surface area contributed by atoms with Gasteiger partial charge in [0.25, 0.3) is 0 Å². The Morgan fingerprint density at radius 3 is 2.78 bits per heavy atom. The predicted octanol–water partition coefficient (Wildman–Crippen LogP) is 1.74. The Morgan fingerprint density at radius 2 is 2.28 bits per heavy atom. The molecular formula is C13H23NO3S. The second-order valence-electron chi connectivity index (χ2n) is 5.23. The van der Waals surface area contributed by atoms with E-state index < -0.39 is 11.5 Å². The molecule has 0 spiro atoms. The molecule has 0 bridgehead atoms. The Morgan fingerprint density at radius 1 is 1.50 bits per heavy atom. The molecule has 0 amide bonds. The molecule has 2 rings (SSSR count). The zero-order valence-corrected chi connectivity index (χ0v) is 11.8. The number of carboxylic acids is 1. The van der Waals surface area contributed by atoms with Crippen LogP contribution in [0.2, 0.25) is 0 Å². The van der Waals surface area contributed by atoms with Crippen molar-refractivity contribution in [3.05, 3.63) is 0 Å². The number of hydrogen-bond donors (Lipinski definition) is 2. The summed E-state index contributed by atoms with van der Waals surface area (Å²) >= 11 is 1.73. The molecule has 2 aliphatic rings. The quantitative estimate of drug-likeness (QED) is 0.705. The van der Waals surface area contributed by atoms with Crippen LogP contribution in [-0.4, -0.2) is 47.4 Å². The summed E-state index contributed by atoms with van der Waals surface area (Å²) in [7, 11) is 0. The van der Waals surface area contributed by atoms with Gasteiger partial charge < -0.3 is 15.2 Å². The van der Waals surface area contributed by atoms with Crippen LogP contribution in [0.3, 0.4) is 0 Å². The summed E-state index contributed by atoms with van der Waals surface area (Å²) in [6, 6.07) is 0. The van der Waals surface area contributed by atoms with Crippen LogP contribution in [0.25, 0.3) is 0 Å². The lowest BCUT2D eigenvalue weighted by molar-refractivity contribution is -0.144. The molecule has 2 unspecified atom stereocenters. The van der Waals surface area contributed by atoms with Gasteiger partial charge in [0.2, 0.25) is 0 Å². The summed E-state index contributed by atoms with van der Waals surface area (Å²) in [6.07, 6.45) is 4.69. The van der Waals surface area contributed by atoms with E-state index in [-0.39, 0.29) is 0 Å². The summed E-state index contributed by atoms with van der Waals surface area (Å²) in [5, 5.41) is 12.8. The largest absolute Gasteiger partial charge is 0.480 e. The monoisotopic (exact) mass is 273 g/mol. The summed E-state index contributed by atoms with van der Waals surface area (Å²) in [6.45, 7) is 3.55. The molecule has 1 heterocycles. The SMILES string of the molecule is CCNC(CSCC1CCCO1)(C(=O)O)C1CC1. The fourth-order valence-electron chi connectivity index (χ4n) is 2.64. The normalized spacial score (nSPS) is 27.1. The van der Waals surface area contributed by atoms with E-state index in [0.29, 0.717) is 24.3 Å². The molecule has 0 aromatic carbocycles. The highest BCUT2D eigenvalue weighted by molar-refractivity contribution is 7.99. The van der Waals surface area contributed by atoms with E-state index in [9.17, 15) is 9.90 Å². The van der Waals surface area contributed by atoms with E-state index in [1.807, 2.05) is 6.92 Å². The summed E-state index contributed by atoms with van der Waals surface area (Å²) in [5.41, 5.74) is -0.710. The molecule has 0 aromatic rings. The second-order valence-corrected chi connectivity index (χ2v) is 6.26. The van der Waals surface area contributed by atoms with Gasteiger partial charge in [-0.05, 0) is 38.1 Å². The molecule has 2 N–H and O–H groups in total. The number of thioether (sulfide) groups is 1. The van der Waals surface area contributed by atoms with Crippen molar-refractivity contribution in [3.8, 4) is 0 Å². The van der Waals surface area contributed by atoms with E-state index in [4.69, 9.17) is 4.74 Å². The Bertz CT molecular complexity index is 290. The number of aliphatic carboxylic acids is 1. The number of carboxylic acid groups (broad SMARTS) is 1. The highest BCUT2D eigenvalue weighted by atomic mass is 32.2. The molecular weight excluding hydrogens is 250 g/mol. The molecule has 2 fully saturated rings. The van der Waals surface area contributed by atoms with E-state index in [1.54, 1.807) is 11.8 Å². The first kappa shape index (κ1) is 14.2. The molecule has 4 nitrogen and oxygen atoms in total. The lowest BCUT2D eigenvalue weighted by Crippen LogP contribution is -2.56. The highest BCUT2D eigenvalue weighted by Gasteiger charge is 2.50. The van der Waals surface area contributed by atoms with Gasteiger partial charge in [0.1, 0.15) is 5.54 Å². The van der Waals surface area contributed by atoms with Gasteiger partial charge in [0.05, 0.1) is 6.10 Å². The minimum atomic E-state index is -0.710. The Kier molecular flexibility index (Phi) is 4.92. The van der Waals surface area contributed by atoms with Crippen LogP contribution in [0.5, 0.6) is 0 Å². The summed E-state index contributed by atoms with van der Waals surface area (Å²) < 4.78 is 5.58. The molecule has 0 aromatic heterocycles. The van der Waals surface area contributed by atoms with Crippen LogP contribution >= 0.6 is 11.8 Å². The van der Waals surface area contributed by atoms with Crippen LogP contribution in [0.15, 0.2) is 0 Å². The van der Waals surface area contributed by atoms with Gasteiger partial charge in [-0.25, -0.2) is 0 Å². The highest BCUT2D eigenvalue weighted by Crippen LogP contribution is 2.41. The Labute approximate surface area is 113 Å². The number of hydrogen-bond acceptors (Lipinski definition) is 4. The average Bonchev–Trinajstić information content (AvgIpc) is 3.06. The molecule has 5 heteroatoms. The van der Waals surface area contributed by atoms with E-state index >= 15 is 0 Å². The minimum Gasteiger partial charge on any atom is -0.480 e. The average molecular weight is 273 g/mol. The van der Waals surface area contributed by atoms with Gasteiger partial charge >= 0.3 is 5.97 Å². The van der Waals surface area contributed by atoms with Crippen LogP contribution < -0.4 is 5.32 Å². The molecule has 1 aliphatic heterocycles. The van der Waals surface area contributed by atoms with Crippen molar-refractivity contribution in [2.75, 3.05) is 24.7 Å². The summed E-state index contributed by atoms with van der Waals surface area (Å²) in [5.74, 6) is 1.20. The minimum absolute atomic E-state index is 0.312. The molecule has 1 saturated carbocycles. The van der Waals surface area contributed by atoms with Gasteiger partial charge in [-0.1, -0.05) is 6.92 Å². The van der Waals surface area contributed by atoms with Crippen molar-refractivity contribution < 1.29 is 14.6 Å². The molecule has 18 heavy (non-hydrogen) atoms. The fraction of sp³-hybridized carbons (Fsp3) is 0.923. The zero-order valence-electron chi connectivity index (χ0n) is 11.0. The Hall–Kier alpha value is -0.260. The third-order valence-corrected chi connectivity index (χ3v) is 5.07. The van der Waals surface area contributed by atoms with E-state index in [1.165, 1.54) is 0 Å². The molecule has 1 saturated heterocycles. The lowest BCUT2D eigenvalue weighted by Gasteiger charge is -2.30. The fourth-order valence-corrected chi connectivity index (χ4v) is 4.07. The number of nitrogens with one attached hydrogen (secondary N) is 1. The first-order valence-electron chi connectivity index (χ1n) is 6.87. The number of rotatable bonds is 8. The maximum Gasteiger partial charge on any atom is 0.325 e. The third-order valence-electron chi connectivity index (χ3n) is 3.81. The second kappa shape index (κ2) is 6.26. The molecule has 1 aliphatic carbocycles. The first-order chi connectivity index (χ1) is 8.69. The molecule has 2 atom stereocenters. The lowest BCUT2D eigenvalue weighted by atomic mass is 9.96. The maximum absolute atomic E-state index is 11.6. The van der Waals surface area contributed by atoms with E-state index in [2.05, 4.69) is 5.32 Å². The van der Waals surface area contributed by atoms with Gasteiger partial charge in [-0.15, -0.1) is 0 Å². The van der Waals surface area contributed by atoms with Crippen molar-refractivity contribution in [2.45, 2.75) is 44.2 Å². The van der Waals surface area contributed by atoms with Crippen LogP contribution in [0.4, 0.5) is 0 Å².